The van der Waals surface area contributed by atoms with Gasteiger partial charge in [0.15, 0.2) is 17.5 Å². The van der Waals surface area contributed by atoms with Crippen LogP contribution in [-0.2, 0) is 0 Å². The second-order valence-corrected chi connectivity index (χ2v) is 12.1. The lowest BCUT2D eigenvalue weighted by molar-refractivity contribution is 0.669. The van der Waals surface area contributed by atoms with Crippen molar-refractivity contribution < 1.29 is 4.42 Å². The lowest BCUT2D eigenvalue weighted by Crippen LogP contribution is -2.00. The molecular weight excluding hydrogens is 599 g/mol. The molecule has 0 aliphatic rings. The van der Waals surface area contributed by atoms with Gasteiger partial charge in [0.2, 0.25) is 0 Å². The molecule has 49 heavy (non-hydrogen) atoms. The fraction of sp³-hybridized carbons (Fsp3) is 0. The molecule has 0 amide bonds. The summed E-state index contributed by atoms with van der Waals surface area (Å²) in [6.45, 7) is 0. The van der Waals surface area contributed by atoms with E-state index in [1.807, 2.05) is 72.8 Å². The summed E-state index contributed by atoms with van der Waals surface area (Å²) in [6, 6.07) is 60.6. The lowest BCUT2D eigenvalue weighted by atomic mass is 9.90. The zero-order valence-electron chi connectivity index (χ0n) is 26.5. The number of furan rings is 1. The molecule has 0 fully saturated rings. The molecule has 4 nitrogen and oxygen atoms in total. The van der Waals surface area contributed by atoms with Crippen molar-refractivity contribution in [1.82, 2.24) is 15.0 Å². The monoisotopic (exact) mass is 627 g/mol. The Morgan fingerprint density at radius 2 is 0.735 bits per heavy atom. The Balaban J connectivity index is 1.33. The number of rotatable bonds is 6. The molecule has 2 heterocycles. The third-order valence-corrected chi connectivity index (χ3v) is 8.89. The van der Waals surface area contributed by atoms with Crippen molar-refractivity contribution in [3.63, 3.8) is 0 Å². The standard InChI is InChI=1S/C45H29N3O/c1-5-15-30(16-6-1)34-25-35(31-17-7-2-8-18-31)27-36(26-34)39-28-37(29-41-42(39)38-23-13-14-24-40(38)49-41)45-47-43(32-19-9-3-10-20-32)46-44(48-45)33-21-11-4-12-22-33/h1-29H. The van der Waals surface area contributed by atoms with Crippen LogP contribution in [0.5, 0.6) is 0 Å². The van der Waals surface area contributed by atoms with Crippen molar-refractivity contribution in [3.05, 3.63) is 176 Å². The van der Waals surface area contributed by atoms with Gasteiger partial charge < -0.3 is 4.42 Å². The van der Waals surface area contributed by atoms with Crippen LogP contribution in [0.2, 0.25) is 0 Å². The Morgan fingerprint density at radius 3 is 1.27 bits per heavy atom. The first-order chi connectivity index (χ1) is 24.3. The van der Waals surface area contributed by atoms with Gasteiger partial charge in [-0.25, -0.2) is 15.0 Å². The van der Waals surface area contributed by atoms with Crippen molar-refractivity contribution >= 4 is 21.9 Å². The first kappa shape index (κ1) is 28.6. The van der Waals surface area contributed by atoms with Gasteiger partial charge in [0.05, 0.1) is 0 Å². The molecule has 0 atom stereocenters. The van der Waals surface area contributed by atoms with E-state index < -0.39 is 0 Å². The molecule has 4 heteroatoms. The second kappa shape index (κ2) is 12.2. The highest BCUT2D eigenvalue weighted by molar-refractivity contribution is 6.14. The first-order valence-corrected chi connectivity index (χ1v) is 16.4. The normalized spacial score (nSPS) is 11.3. The maximum Gasteiger partial charge on any atom is 0.164 e. The minimum atomic E-state index is 0.582. The van der Waals surface area contributed by atoms with Gasteiger partial charge in [0, 0.05) is 27.5 Å². The molecule has 9 rings (SSSR count). The molecule has 0 saturated carbocycles. The van der Waals surface area contributed by atoms with E-state index in [1.54, 1.807) is 0 Å². The molecule has 0 aliphatic heterocycles. The quantitative estimate of drug-likeness (QED) is 0.184. The van der Waals surface area contributed by atoms with E-state index in [9.17, 15) is 0 Å². The fourth-order valence-electron chi connectivity index (χ4n) is 6.53. The maximum atomic E-state index is 6.57. The Kier molecular flexibility index (Phi) is 7.10. The third-order valence-electron chi connectivity index (χ3n) is 8.89. The number of para-hydroxylation sites is 1. The van der Waals surface area contributed by atoms with Gasteiger partial charge in [-0.1, -0.05) is 140 Å². The van der Waals surface area contributed by atoms with Crippen molar-refractivity contribution in [3.8, 4) is 67.5 Å². The summed E-state index contributed by atoms with van der Waals surface area (Å²) in [5.41, 5.74) is 11.0. The molecule has 0 spiro atoms. The Labute approximate surface area is 284 Å². The summed E-state index contributed by atoms with van der Waals surface area (Å²) in [7, 11) is 0. The van der Waals surface area contributed by atoms with E-state index in [0.717, 1.165) is 72.0 Å². The highest BCUT2D eigenvalue weighted by Crippen LogP contribution is 2.42. The van der Waals surface area contributed by atoms with E-state index in [-0.39, 0.29) is 0 Å². The van der Waals surface area contributed by atoms with Gasteiger partial charge >= 0.3 is 0 Å². The summed E-state index contributed by atoms with van der Waals surface area (Å²) in [5, 5.41) is 2.13. The fourth-order valence-corrected chi connectivity index (χ4v) is 6.53. The average Bonchev–Trinajstić information content (AvgIpc) is 3.57. The van der Waals surface area contributed by atoms with Crippen LogP contribution in [0.25, 0.3) is 89.5 Å². The Morgan fingerprint density at radius 1 is 0.306 bits per heavy atom. The van der Waals surface area contributed by atoms with Crippen LogP contribution in [0.4, 0.5) is 0 Å². The molecule has 230 valence electrons. The number of nitrogens with zero attached hydrogens (tertiary/aromatic N) is 3. The summed E-state index contributed by atoms with van der Waals surface area (Å²) < 4.78 is 6.57. The summed E-state index contributed by atoms with van der Waals surface area (Å²) in [4.78, 5) is 15.0. The van der Waals surface area contributed by atoms with E-state index in [2.05, 4.69) is 103 Å². The van der Waals surface area contributed by atoms with Crippen molar-refractivity contribution in [2.75, 3.05) is 0 Å². The van der Waals surface area contributed by atoms with Crippen molar-refractivity contribution in [2.24, 2.45) is 0 Å². The molecule has 0 aliphatic carbocycles. The zero-order chi connectivity index (χ0) is 32.6. The number of fused-ring (bicyclic) bond motifs is 3. The van der Waals surface area contributed by atoms with E-state index in [0.29, 0.717) is 17.5 Å². The summed E-state index contributed by atoms with van der Waals surface area (Å²) >= 11 is 0. The van der Waals surface area contributed by atoms with E-state index >= 15 is 0 Å². The maximum absolute atomic E-state index is 6.57. The number of hydrogen-bond acceptors (Lipinski definition) is 4. The van der Waals surface area contributed by atoms with Crippen molar-refractivity contribution in [1.29, 1.82) is 0 Å². The molecule has 2 aromatic heterocycles. The molecule has 9 aromatic rings. The molecule has 0 N–H and O–H groups in total. The average molecular weight is 628 g/mol. The molecule has 0 saturated heterocycles. The Hall–Kier alpha value is -6.65. The largest absolute Gasteiger partial charge is 0.456 e. The van der Waals surface area contributed by atoms with Gasteiger partial charge in [-0.15, -0.1) is 0 Å². The van der Waals surface area contributed by atoms with Crippen LogP contribution >= 0.6 is 0 Å². The van der Waals surface area contributed by atoms with E-state index in [1.165, 1.54) is 0 Å². The summed E-state index contributed by atoms with van der Waals surface area (Å²) in [6.07, 6.45) is 0. The molecule has 0 bridgehead atoms. The highest BCUT2D eigenvalue weighted by Gasteiger charge is 2.19. The van der Waals surface area contributed by atoms with Gasteiger partial charge in [-0.05, 0) is 69.8 Å². The smallest absolute Gasteiger partial charge is 0.164 e. The van der Waals surface area contributed by atoms with E-state index in [4.69, 9.17) is 19.4 Å². The van der Waals surface area contributed by atoms with Gasteiger partial charge in [-0.3, -0.25) is 0 Å². The number of hydrogen-bond donors (Lipinski definition) is 0. The van der Waals surface area contributed by atoms with Crippen LogP contribution < -0.4 is 0 Å². The molecular formula is C45H29N3O. The van der Waals surface area contributed by atoms with Gasteiger partial charge in [-0.2, -0.15) is 0 Å². The molecule has 0 unspecified atom stereocenters. The first-order valence-electron chi connectivity index (χ1n) is 16.4. The topological polar surface area (TPSA) is 51.8 Å². The lowest BCUT2D eigenvalue weighted by Gasteiger charge is -2.14. The highest BCUT2D eigenvalue weighted by atomic mass is 16.3. The number of benzene rings is 7. The third kappa shape index (κ3) is 5.45. The minimum Gasteiger partial charge on any atom is -0.456 e. The Bertz CT molecular complexity index is 2460. The van der Waals surface area contributed by atoms with Crippen LogP contribution in [0.15, 0.2) is 180 Å². The van der Waals surface area contributed by atoms with Crippen LogP contribution in [0, 0.1) is 0 Å². The number of aromatic nitrogens is 3. The predicted octanol–water partition coefficient (Wildman–Crippen LogP) is 11.8. The van der Waals surface area contributed by atoms with Crippen LogP contribution in [0.1, 0.15) is 0 Å². The molecule has 7 aromatic carbocycles. The second-order valence-electron chi connectivity index (χ2n) is 12.1. The molecule has 0 radical (unpaired) electrons. The SMILES string of the molecule is c1ccc(-c2cc(-c3ccccc3)cc(-c3cc(-c4nc(-c5ccccc5)nc(-c5ccccc5)n4)cc4oc5ccccc5c34)c2)cc1. The van der Waals surface area contributed by atoms with Gasteiger partial charge in [0.1, 0.15) is 11.2 Å². The van der Waals surface area contributed by atoms with Crippen molar-refractivity contribution in [2.45, 2.75) is 0 Å². The zero-order valence-corrected chi connectivity index (χ0v) is 26.5. The van der Waals surface area contributed by atoms with Crippen LogP contribution in [-0.4, -0.2) is 15.0 Å². The predicted molar refractivity (Wildman–Crippen MR) is 200 cm³/mol. The van der Waals surface area contributed by atoms with Gasteiger partial charge in [0.25, 0.3) is 0 Å². The minimum absolute atomic E-state index is 0.582. The summed E-state index contributed by atoms with van der Waals surface area (Å²) in [5.74, 6) is 1.82. The van der Waals surface area contributed by atoms with Crippen LogP contribution in [0.3, 0.4) is 0 Å².